The Labute approximate surface area is 228 Å². The molecule has 2 unspecified atom stereocenters. The van der Waals surface area contributed by atoms with Crippen molar-refractivity contribution in [2.75, 3.05) is 0 Å². The summed E-state index contributed by atoms with van der Waals surface area (Å²) in [5, 5.41) is 24.9. The average Bonchev–Trinajstić information content (AvgIpc) is 2.88. The quantitative estimate of drug-likeness (QED) is 0.364. The fourth-order valence-electron chi connectivity index (χ4n) is 7.70. The lowest BCUT2D eigenvalue weighted by Gasteiger charge is -2.61. The molecule has 10 heteroatoms. The van der Waals surface area contributed by atoms with Gasteiger partial charge in [0.2, 0.25) is 0 Å². The molecule has 4 aliphatic rings. The predicted molar refractivity (Wildman–Crippen MR) is 138 cm³/mol. The van der Waals surface area contributed by atoms with Gasteiger partial charge in [-0.05, 0) is 80.2 Å². The molecule has 1 heterocycles. The molecular formula is C30H29F3N2O5. The molecule has 7 nitrogen and oxygen atoms in total. The number of nitrogens with one attached hydrogen (secondary N) is 1. The molecule has 2 aromatic carbocycles. The van der Waals surface area contributed by atoms with Crippen LogP contribution < -0.4 is 10.1 Å². The highest BCUT2D eigenvalue weighted by Gasteiger charge is 2.61. The van der Waals surface area contributed by atoms with Crippen molar-refractivity contribution >= 4 is 22.8 Å². The topological polar surface area (TPSA) is 109 Å². The molecule has 0 radical (unpaired) electrons. The zero-order chi connectivity index (χ0) is 28.3. The van der Waals surface area contributed by atoms with Crippen LogP contribution >= 0.6 is 0 Å². The second-order valence-corrected chi connectivity index (χ2v) is 11.8. The fourth-order valence-corrected chi connectivity index (χ4v) is 7.70. The molecule has 3 aromatic rings. The van der Waals surface area contributed by atoms with Crippen molar-refractivity contribution < 1.29 is 37.7 Å². The van der Waals surface area contributed by atoms with Crippen LogP contribution in [0.2, 0.25) is 0 Å². The summed E-state index contributed by atoms with van der Waals surface area (Å²) in [7, 11) is 0. The van der Waals surface area contributed by atoms with Crippen molar-refractivity contribution in [3.63, 3.8) is 0 Å². The van der Waals surface area contributed by atoms with E-state index in [1.54, 1.807) is 18.2 Å². The number of aliphatic hydroxyl groups is 1. The standard InChI is InChI=1S/C30H29F3N2O5/c31-30(32,33)21-6-3-17(4-7-21)15-40-24-22(8-5-20-2-1-9-34-23(20)24)26(36)35-25(27(37)38)28-11-18-10-19(12-28)14-29(39,13-18)16-28/h1-9,18-19,25,39H,10-16H2,(H,35,36)(H,37,38)/t18?,19?,25-,28?,29?/m1/s1. The smallest absolute Gasteiger partial charge is 0.416 e. The minimum absolute atomic E-state index is 0.0767. The second-order valence-electron chi connectivity index (χ2n) is 11.8. The molecule has 40 heavy (non-hydrogen) atoms. The van der Waals surface area contributed by atoms with Gasteiger partial charge in [-0.3, -0.25) is 9.78 Å². The van der Waals surface area contributed by atoms with Crippen LogP contribution in [-0.4, -0.2) is 38.7 Å². The lowest BCUT2D eigenvalue weighted by Crippen LogP contribution is -2.64. The Balaban J connectivity index is 1.29. The van der Waals surface area contributed by atoms with Crippen molar-refractivity contribution in [3.05, 3.63) is 71.4 Å². The van der Waals surface area contributed by atoms with Gasteiger partial charge in [-0.1, -0.05) is 24.3 Å². The number of pyridine rings is 1. The molecule has 4 fully saturated rings. The number of carboxylic acids is 1. The van der Waals surface area contributed by atoms with Crippen LogP contribution in [0.3, 0.4) is 0 Å². The molecule has 210 valence electrons. The van der Waals surface area contributed by atoms with E-state index < -0.39 is 40.7 Å². The molecule has 4 aliphatic carbocycles. The zero-order valence-corrected chi connectivity index (χ0v) is 21.6. The van der Waals surface area contributed by atoms with Gasteiger partial charge >= 0.3 is 12.1 Å². The molecule has 3 N–H and O–H groups in total. The number of hydrogen-bond acceptors (Lipinski definition) is 5. The number of rotatable bonds is 7. The predicted octanol–water partition coefficient (Wildman–Crippen LogP) is 5.35. The van der Waals surface area contributed by atoms with E-state index in [-0.39, 0.29) is 29.8 Å². The third kappa shape index (κ3) is 4.78. The number of ether oxygens (including phenoxy) is 1. The Morgan fingerprint density at radius 2 is 1.75 bits per heavy atom. The summed E-state index contributed by atoms with van der Waals surface area (Å²) in [5.41, 5.74) is -1.51. The van der Waals surface area contributed by atoms with Crippen molar-refractivity contribution in [1.82, 2.24) is 10.3 Å². The Bertz CT molecular complexity index is 1460. The number of fused-ring (bicyclic) bond motifs is 1. The van der Waals surface area contributed by atoms with Gasteiger partial charge in [0.05, 0.1) is 16.7 Å². The van der Waals surface area contributed by atoms with E-state index in [0.717, 1.165) is 18.6 Å². The highest BCUT2D eigenvalue weighted by molar-refractivity contribution is 6.04. The molecule has 3 atom stereocenters. The van der Waals surface area contributed by atoms with Crippen LogP contribution in [-0.2, 0) is 17.6 Å². The van der Waals surface area contributed by atoms with E-state index in [1.165, 1.54) is 24.4 Å². The molecule has 0 spiro atoms. The SMILES string of the molecule is O=C(N[C@H](C(=O)O)C12CC3CC(CC(O)(C3)C1)C2)c1ccc2cccnc2c1OCc1ccc(C(F)(F)F)cc1. The first kappa shape index (κ1) is 26.6. The van der Waals surface area contributed by atoms with Crippen molar-refractivity contribution in [2.24, 2.45) is 17.3 Å². The number of carboxylic acid groups (broad SMARTS) is 1. The Kier molecular flexibility index (Phi) is 6.29. The Morgan fingerprint density at radius 3 is 2.38 bits per heavy atom. The number of halogens is 3. The summed E-state index contributed by atoms with van der Waals surface area (Å²) >= 11 is 0. The second kappa shape index (κ2) is 9.47. The van der Waals surface area contributed by atoms with Gasteiger partial charge in [0.15, 0.2) is 5.75 Å². The van der Waals surface area contributed by atoms with E-state index in [1.807, 2.05) is 0 Å². The highest BCUT2D eigenvalue weighted by Crippen LogP contribution is 2.62. The maximum atomic E-state index is 13.7. The maximum absolute atomic E-state index is 13.7. The molecule has 0 aliphatic heterocycles. The van der Waals surface area contributed by atoms with Crippen LogP contribution in [0, 0.1) is 17.3 Å². The van der Waals surface area contributed by atoms with E-state index in [2.05, 4.69) is 10.3 Å². The number of carbonyl (C=O) groups excluding carboxylic acids is 1. The van der Waals surface area contributed by atoms with Crippen LogP contribution in [0.15, 0.2) is 54.7 Å². The monoisotopic (exact) mass is 554 g/mol. The first-order chi connectivity index (χ1) is 18.9. The number of nitrogens with zero attached hydrogens (tertiary/aromatic N) is 1. The fraction of sp³-hybridized carbons (Fsp3) is 0.433. The number of carbonyl (C=O) groups is 2. The minimum atomic E-state index is -4.46. The molecule has 0 saturated heterocycles. The average molecular weight is 555 g/mol. The summed E-state index contributed by atoms with van der Waals surface area (Å²) in [5.74, 6) is -1.21. The number of alkyl halides is 3. The van der Waals surface area contributed by atoms with Gasteiger partial charge in [-0.2, -0.15) is 13.2 Å². The number of aromatic nitrogens is 1. The van der Waals surface area contributed by atoms with Crippen LogP contribution in [0.1, 0.15) is 60.0 Å². The van der Waals surface area contributed by atoms with Gasteiger partial charge in [0.1, 0.15) is 18.2 Å². The van der Waals surface area contributed by atoms with Gasteiger partial charge in [0.25, 0.3) is 5.91 Å². The number of benzene rings is 2. The van der Waals surface area contributed by atoms with Crippen LogP contribution in [0.4, 0.5) is 13.2 Å². The summed E-state index contributed by atoms with van der Waals surface area (Å²) in [6.07, 6.45) is 0.999. The lowest BCUT2D eigenvalue weighted by atomic mass is 9.46. The zero-order valence-electron chi connectivity index (χ0n) is 21.6. The van der Waals surface area contributed by atoms with Crippen molar-refractivity contribution in [3.8, 4) is 5.75 Å². The van der Waals surface area contributed by atoms with Crippen LogP contribution in [0.5, 0.6) is 5.75 Å². The minimum Gasteiger partial charge on any atom is -0.486 e. The summed E-state index contributed by atoms with van der Waals surface area (Å²) in [6, 6.07) is 10.1. The van der Waals surface area contributed by atoms with Gasteiger partial charge in [0, 0.05) is 17.0 Å². The number of hydrogen-bond donors (Lipinski definition) is 3. The third-order valence-electron chi connectivity index (χ3n) is 8.85. The van der Waals surface area contributed by atoms with Gasteiger partial charge in [-0.15, -0.1) is 0 Å². The summed E-state index contributed by atoms with van der Waals surface area (Å²) < 4.78 is 44.9. The summed E-state index contributed by atoms with van der Waals surface area (Å²) in [4.78, 5) is 30.6. The molecule has 4 bridgehead atoms. The largest absolute Gasteiger partial charge is 0.486 e. The molecule has 1 aromatic heterocycles. The normalized spacial score (nSPS) is 27.9. The maximum Gasteiger partial charge on any atom is 0.416 e. The Hall–Kier alpha value is -3.66. The van der Waals surface area contributed by atoms with E-state index >= 15 is 0 Å². The number of aliphatic carboxylic acids is 1. The van der Waals surface area contributed by atoms with E-state index in [4.69, 9.17) is 4.74 Å². The number of amides is 1. The molecular weight excluding hydrogens is 525 g/mol. The lowest BCUT2D eigenvalue weighted by molar-refractivity contribution is -0.181. The van der Waals surface area contributed by atoms with Crippen molar-refractivity contribution in [2.45, 2.75) is 63.0 Å². The molecule has 1 amide bonds. The first-order valence-electron chi connectivity index (χ1n) is 13.4. The van der Waals surface area contributed by atoms with E-state index in [9.17, 15) is 33.0 Å². The van der Waals surface area contributed by atoms with Gasteiger partial charge < -0.3 is 20.3 Å². The molecule has 4 saturated carbocycles. The first-order valence-corrected chi connectivity index (χ1v) is 13.4. The Morgan fingerprint density at radius 1 is 1.05 bits per heavy atom. The van der Waals surface area contributed by atoms with Crippen LogP contribution in [0.25, 0.3) is 10.9 Å². The van der Waals surface area contributed by atoms with E-state index in [0.29, 0.717) is 48.6 Å². The highest BCUT2D eigenvalue weighted by atomic mass is 19.4. The molecule has 7 rings (SSSR count). The third-order valence-corrected chi connectivity index (χ3v) is 8.85. The van der Waals surface area contributed by atoms with Gasteiger partial charge in [-0.25, -0.2) is 4.79 Å². The summed E-state index contributed by atoms with van der Waals surface area (Å²) in [6.45, 7) is -0.128. The van der Waals surface area contributed by atoms with Crippen molar-refractivity contribution in [1.29, 1.82) is 0 Å².